The molecule has 0 aromatic heterocycles. The van der Waals surface area contributed by atoms with Gasteiger partial charge in [0.15, 0.2) is 0 Å². The number of carbonyl (C=O) groups excluding carboxylic acids is 1. The highest BCUT2D eigenvalue weighted by molar-refractivity contribution is 8.00. The van der Waals surface area contributed by atoms with Gasteiger partial charge in [0.1, 0.15) is 6.04 Å². The third-order valence-corrected chi connectivity index (χ3v) is 5.05. The van der Waals surface area contributed by atoms with E-state index in [4.69, 9.17) is 5.11 Å². The molecule has 6 heteroatoms. The van der Waals surface area contributed by atoms with Crippen molar-refractivity contribution in [1.82, 2.24) is 10.2 Å². The van der Waals surface area contributed by atoms with E-state index in [1.54, 1.807) is 0 Å². The Morgan fingerprint density at radius 3 is 2.70 bits per heavy atom. The fourth-order valence-corrected chi connectivity index (χ4v) is 3.57. The Morgan fingerprint density at radius 2 is 2.15 bits per heavy atom. The average molecular weight is 302 g/mol. The Labute approximate surface area is 125 Å². The van der Waals surface area contributed by atoms with E-state index in [-0.39, 0.29) is 11.4 Å². The predicted molar refractivity (Wildman–Crippen MR) is 81.9 cm³/mol. The van der Waals surface area contributed by atoms with Crippen molar-refractivity contribution in [3.63, 3.8) is 0 Å². The molecule has 5 nitrogen and oxygen atoms in total. The number of hydrogen-bond donors (Lipinski definition) is 2. The zero-order valence-electron chi connectivity index (χ0n) is 12.6. The lowest BCUT2D eigenvalue weighted by Gasteiger charge is -2.26. The normalized spacial score (nSPS) is 23.6. The summed E-state index contributed by atoms with van der Waals surface area (Å²) in [6, 6.07) is -0.949. The van der Waals surface area contributed by atoms with Gasteiger partial charge in [-0.1, -0.05) is 33.1 Å². The lowest BCUT2D eigenvalue weighted by Crippen LogP contribution is -2.50. The second-order valence-corrected chi connectivity index (χ2v) is 6.65. The van der Waals surface area contributed by atoms with Crippen LogP contribution < -0.4 is 5.32 Å². The van der Waals surface area contributed by atoms with Crippen molar-refractivity contribution in [1.29, 1.82) is 0 Å². The number of thioether (sulfide) groups is 1. The van der Waals surface area contributed by atoms with Crippen molar-refractivity contribution < 1.29 is 14.7 Å². The lowest BCUT2D eigenvalue weighted by atomic mass is 9.99. The van der Waals surface area contributed by atoms with E-state index in [2.05, 4.69) is 19.2 Å². The van der Waals surface area contributed by atoms with Crippen LogP contribution in [-0.4, -0.2) is 45.7 Å². The second kappa shape index (κ2) is 8.39. The van der Waals surface area contributed by atoms with Crippen LogP contribution in [-0.2, 0) is 4.79 Å². The number of carboxylic acids is 1. The summed E-state index contributed by atoms with van der Waals surface area (Å²) in [5.41, 5.74) is 0. The van der Waals surface area contributed by atoms with Crippen LogP contribution in [0, 0.1) is 5.92 Å². The van der Waals surface area contributed by atoms with Crippen molar-refractivity contribution in [3.05, 3.63) is 0 Å². The van der Waals surface area contributed by atoms with E-state index < -0.39 is 12.0 Å². The Balaban J connectivity index is 2.50. The second-order valence-electron chi connectivity index (χ2n) is 5.30. The van der Waals surface area contributed by atoms with Crippen molar-refractivity contribution >= 4 is 23.8 Å². The van der Waals surface area contributed by atoms with Crippen molar-refractivity contribution in [2.24, 2.45) is 5.92 Å². The molecule has 1 heterocycles. The molecule has 0 spiro atoms. The smallest absolute Gasteiger partial charge is 0.327 e. The number of rotatable bonds is 7. The van der Waals surface area contributed by atoms with E-state index in [0.29, 0.717) is 18.2 Å². The Kier molecular flexibility index (Phi) is 7.19. The van der Waals surface area contributed by atoms with E-state index in [9.17, 15) is 9.59 Å². The predicted octanol–water partition coefficient (Wildman–Crippen LogP) is 2.76. The van der Waals surface area contributed by atoms with Gasteiger partial charge in [-0.25, -0.2) is 9.59 Å². The van der Waals surface area contributed by atoms with Crippen molar-refractivity contribution in [2.45, 2.75) is 57.9 Å². The van der Waals surface area contributed by atoms with Crippen LogP contribution in [0.4, 0.5) is 4.79 Å². The van der Waals surface area contributed by atoms with E-state index >= 15 is 0 Å². The summed E-state index contributed by atoms with van der Waals surface area (Å²) in [5, 5.41) is 12.0. The molecular weight excluding hydrogens is 276 g/mol. The van der Waals surface area contributed by atoms with Gasteiger partial charge in [0, 0.05) is 12.3 Å². The summed E-state index contributed by atoms with van der Waals surface area (Å²) in [7, 11) is 0. The number of nitrogens with one attached hydrogen (secondary N) is 1. The first-order chi connectivity index (χ1) is 9.51. The van der Waals surface area contributed by atoms with Crippen molar-refractivity contribution in [2.75, 3.05) is 12.3 Å². The van der Waals surface area contributed by atoms with Gasteiger partial charge >= 0.3 is 12.0 Å². The van der Waals surface area contributed by atoms with Crippen LogP contribution in [0.2, 0.25) is 0 Å². The number of amides is 2. The Bertz CT molecular complexity index is 338. The molecule has 0 aromatic carbocycles. The minimum atomic E-state index is -0.921. The van der Waals surface area contributed by atoms with Crippen LogP contribution in [0.15, 0.2) is 0 Å². The van der Waals surface area contributed by atoms with Crippen LogP contribution in [0.1, 0.15) is 46.5 Å². The molecule has 2 amide bonds. The number of aliphatic carboxylic acids is 1. The molecule has 0 bridgehead atoms. The van der Waals surface area contributed by atoms with Gasteiger partial charge in [0.25, 0.3) is 0 Å². The summed E-state index contributed by atoms with van der Waals surface area (Å²) < 4.78 is 0. The first kappa shape index (κ1) is 17.1. The van der Waals surface area contributed by atoms with Gasteiger partial charge in [-0.2, -0.15) is 0 Å². The molecule has 1 aliphatic rings. The molecule has 2 N–H and O–H groups in total. The van der Waals surface area contributed by atoms with E-state index in [1.165, 1.54) is 23.1 Å². The third-order valence-electron chi connectivity index (χ3n) is 3.83. The highest BCUT2D eigenvalue weighted by Crippen LogP contribution is 2.28. The lowest BCUT2D eigenvalue weighted by molar-refractivity contribution is -0.141. The third kappa shape index (κ3) is 4.58. The van der Waals surface area contributed by atoms with Crippen LogP contribution in [0.25, 0.3) is 0 Å². The molecule has 116 valence electrons. The molecule has 0 radical (unpaired) electrons. The number of nitrogens with zero attached hydrogens (tertiary/aromatic N) is 1. The maximum atomic E-state index is 12.2. The van der Waals surface area contributed by atoms with Gasteiger partial charge in [0.2, 0.25) is 0 Å². The Hall–Kier alpha value is -0.910. The zero-order valence-corrected chi connectivity index (χ0v) is 13.4. The molecule has 0 saturated carbocycles. The van der Waals surface area contributed by atoms with Crippen LogP contribution in [0.5, 0.6) is 0 Å². The first-order valence-corrected chi connectivity index (χ1v) is 8.46. The molecule has 20 heavy (non-hydrogen) atoms. The largest absolute Gasteiger partial charge is 0.480 e. The molecular formula is C14H26N2O3S. The molecule has 3 unspecified atom stereocenters. The summed E-state index contributed by atoms with van der Waals surface area (Å²) in [6.07, 6.45) is 4.47. The average Bonchev–Trinajstić information content (AvgIpc) is 2.81. The quantitative estimate of drug-likeness (QED) is 0.758. The highest BCUT2D eigenvalue weighted by Gasteiger charge is 2.39. The maximum absolute atomic E-state index is 12.2. The zero-order chi connectivity index (χ0) is 15.1. The Morgan fingerprint density at radius 1 is 1.45 bits per heavy atom. The minimum Gasteiger partial charge on any atom is -0.480 e. The molecule has 1 saturated heterocycles. The number of urea groups is 1. The standard InChI is InChI=1S/C14H26N2O3S/c1-4-6-7-11(5-2)8-15-14(19)16-10(3)20-9-12(16)13(17)18/h10-12H,4-9H2,1-3H3,(H,15,19)(H,17,18). The van der Waals surface area contributed by atoms with Crippen LogP contribution in [0.3, 0.4) is 0 Å². The summed E-state index contributed by atoms with van der Waals surface area (Å²) in [5.74, 6) is 0.0273. The topological polar surface area (TPSA) is 69.6 Å². The van der Waals surface area contributed by atoms with Gasteiger partial charge in [-0.05, 0) is 19.3 Å². The number of unbranched alkanes of at least 4 members (excludes halogenated alkanes) is 1. The van der Waals surface area contributed by atoms with Crippen LogP contribution >= 0.6 is 11.8 Å². The fourth-order valence-electron chi connectivity index (χ4n) is 2.41. The number of carbonyl (C=O) groups is 2. The highest BCUT2D eigenvalue weighted by atomic mass is 32.2. The van der Waals surface area contributed by atoms with Gasteiger partial charge in [-0.15, -0.1) is 11.8 Å². The molecule has 1 fully saturated rings. The summed E-state index contributed by atoms with van der Waals surface area (Å²) in [4.78, 5) is 24.8. The molecule has 1 rings (SSSR count). The van der Waals surface area contributed by atoms with Crippen molar-refractivity contribution in [3.8, 4) is 0 Å². The molecule has 3 atom stereocenters. The SMILES string of the molecule is CCCCC(CC)CNC(=O)N1C(C)SCC1C(=O)O. The van der Waals surface area contributed by atoms with Gasteiger partial charge in [-0.3, -0.25) is 4.90 Å². The van der Waals surface area contributed by atoms with E-state index in [1.807, 2.05) is 6.92 Å². The maximum Gasteiger partial charge on any atom is 0.327 e. The monoisotopic (exact) mass is 302 g/mol. The van der Waals surface area contributed by atoms with Gasteiger partial charge in [0.05, 0.1) is 5.37 Å². The number of carboxylic acid groups (broad SMARTS) is 1. The van der Waals surface area contributed by atoms with Gasteiger partial charge < -0.3 is 10.4 Å². The first-order valence-electron chi connectivity index (χ1n) is 7.41. The summed E-state index contributed by atoms with van der Waals surface area (Å²) in [6.45, 7) is 6.80. The van der Waals surface area contributed by atoms with E-state index in [0.717, 1.165) is 19.3 Å². The fraction of sp³-hybridized carbons (Fsp3) is 0.857. The molecule has 1 aliphatic heterocycles. The molecule has 0 aliphatic carbocycles. The minimum absolute atomic E-state index is 0.0770. The molecule has 0 aromatic rings. The number of hydrogen-bond acceptors (Lipinski definition) is 3. The summed E-state index contributed by atoms with van der Waals surface area (Å²) >= 11 is 1.51.